The zero-order chi connectivity index (χ0) is 15.4. The maximum Gasteiger partial charge on any atom is 0.340 e. The molecule has 0 bridgehead atoms. The summed E-state index contributed by atoms with van der Waals surface area (Å²) in [7, 11) is 0. The van der Waals surface area contributed by atoms with Crippen molar-refractivity contribution in [2.24, 2.45) is 5.92 Å². The number of nitro groups is 1. The summed E-state index contributed by atoms with van der Waals surface area (Å²) in [6.45, 7) is 5.76. The lowest BCUT2D eigenvalue weighted by Crippen LogP contribution is -2.17. The molecule has 0 saturated heterocycles. The third kappa shape index (κ3) is 4.35. The lowest BCUT2D eigenvalue weighted by atomic mass is 10.1. The number of nitrogens with zero attached hydrogens (tertiary/aromatic N) is 1. The number of ether oxygens (including phenoxy) is 1. The summed E-state index contributed by atoms with van der Waals surface area (Å²) >= 11 is 11.7. The Hall–Kier alpha value is -1.33. The average Bonchev–Trinajstić information content (AvgIpc) is 2.30. The number of esters is 1. The van der Waals surface area contributed by atoms with E-state index >= 15 is 0 Å². The van der Waals surface area contributed by atoms with E-state index in [0.717, 1.165) is 12.1 Å². The Morgan fingerprint density at radius 2 is 1.95 bits per heavy atom. The highest BCUT2D eigenvalue weighted by Crippen LogP contribution is 2.31. The molecule has 0 N–H and O–H groups in total. The number of nitro benzene ring substituents is 1. The van der Waals surface area contributed by atoms with Gasteiger partial charge in [-0.15, -0.1) is 0 Å². The van der Waals surface area contributed by atoms with Crippen molar-refractivity contribution in [2.75, 3.05) is 0 Å². The van der Waals surface area contributed by atoms with Crippen LogP contribution in [-0.2, 0) is 4.74 Å². The maximum atomic E-state index is 12.0. The van der Waals surface area contributed by atoms with Crippen LogP contribution in [0.3, 0.4) is 0 Å². The Balaban J connectivity index is 3.00. The van der Waals surface area contributed by atoms with Crippen LogP contribution >= 0.6 is 23.2 Å². The van der Waals surface area contributed by atoms with Crippen LogP contribution in [0.15, 0.2) is 12.1 Å². The lowest BCUT2D eigenvalue weighted by molar-refractivity contribution is -0.384. The van der Waals surface area contributed by atoms with Gasteiger partial charge in [-0.05, 0) is 19.3 Å². The zero-order valence-electron chi connectivity index (χ0n) is 11.4. The van der Waals surface area contributed by atoms with Crippen molar-refractivity contribution in [3.63, 3.8) is 0 Å². The number of hydrogen-bond acceptors (Lipinski definition) is 4. The van der Waals surface area contributed by atoms with E-state index in [1.807, 2.05) is 13.8 Å². The van der Waals surface area contributed by atoms with E-state index in [9.17, 15) is 14.9 Å². The fourth-order valence-electron chi connectivity index (χ4n) is 1.79. The summed E-state index contributed by atoms with van der Waals surface area (Å²) in [4.78, 5) is 22.1. The first kappa shape index (κ1) is 16.7. The number of halogens is 2. The van der Waals surface area contributed by atoms with Gasteiger partial charge in [-0.1, -0.05) is 37.0 Å². The molecule has 0 aromatic heterocycles. The molecule has 0 aliphatic heterocycles. The SMILES string of the molecule is CC(C)CC(C)OC(=O)c1cc([N+](=O)[O-])cc(Cl)c1Cl. The van der Waals surface area contributed by atoms with Crippen molar-refractivity contribution in [3.05, 3.63) is 37.9 Å². The van der Waals surface area contributed by atoms with Crippen LogP contribution in [0.2, 0.25) is 10.0 Å². The van der Waals surface area contributed by atoms with E-state index in [-0.39, 0.29) is 27.4 Å². The number of hydrogen-bond donors (Lipinski definition) is 0. The van der Waals surface area contributed by atoms with Gasteiger partial charge in [0.2, 0.25) is 0 Å². The summed E-state index contributed by atoms with van der Waals surface area (Å²) in [6.07, 6.45) is 0.378. The van der Waals surface area contributed by atoms with Gasteiger partial charge in [-0.3, -0.25) is 10.1 Å². The molecule has 0 amide bonds. The Bertz CT molecular complexity index is 531. The second-order valence-electron chi connectivity index (χ2n) is 4.89. The van der Waals surface area contributed by atoms with Gasteiger partial charge >= 0.3 is 5.97 Å². The van der Waals surface area contributed by atoms with Crippen molar-refractivity contribution in [1.82, 2.24) is 0 Å². The number of benzene rings is 1. The van der Waals surface area contributed by atoms with E-state index in [1.54, 1.807) is 6.92 Å². The minimum atomic E-state index is -0.714. The monoisotopic (exact) mass is 319 g/mol. The Morgan fingerprint density at radius 1 is 1.35 bits per heavy atom. The lowest BCUT2D eigenvalue weighted by Gasteiger charge is -2.15. The van der Waals surface area contributed by atoms with Gasteiger partial charge in [0.1, 0.15) is 0 Å². The molecule has 7 heteroatoms. The molecule has 20 heavy (non-hydrogen) atoms. The normalized spacial score (nSPS) is 12.3. The fourth-order valence-corrected chi connectivity index (χ4v) is 2.19. The number of carbonyl (C=O) groups is 1. The van der Waals surface area contributed by atoms with Gasteiger partial charge in [0.05, 0.1) is 26.6 Å². The molecule has 5 nitrogen and oxygen atoms in total. The van der Waals surface area contributed by atoms with Crippen molar-refractivity contribution in [2.45, 2.75) is 33.3 Å². The highest BCUT2D eigenvalue weighted by atomic mass is 35.5. The van der Waals surface area contributed by atoms with Crippen molar-refractivity contribution >= 4 is 34.9 Å². The molecule has 1 unspecified atom stereocenters. The summed E-state index contributed by atoms with van der Waals surface area (Å²) in [5, 5.41) is 10.7. The van der Waals surface area contributed by atoms with Gasteiger partial charge < -0.3 is 4.74 Å². The number of carbonyl (C=O) groups excluding carboxylic acids is 1. The maximum absolute atomic E-state index is 12.0. The van der Waals surface area contributed by atoms with E-state index in [2.05, 4.69) is 0 Å². The Kier molecular flexibility index (Phi) is 5.77. The molecule has 0 aliphatic rings. The summed E-state index contributed by atoms with van der Waals surface area (Å²) in [5.74, 6) is -0.351. The Morgan fingerprint density at radius 3 is 2.45 bits per heavy atom. The van der Waals surface area contributed by atoms with Gasteiger partial charge in [0.15, 0.2) is 0 Å². The van der Waals surface area contributed by atoms with E-state index in [4.69, 9.17) is 27.9 Å². The van der Waals surface area contributed by atoms with Gasteiger partial charge in [-0.25, -0.2) is 4.79 Å². The van der Waals surface area contributed by atoms with Gasteiger partial charge in [0.25, 0.3) is 5.69 Å². The van der Waals surface area contributed by atoms with Gasteiger partial charge in [0, 0.05) is 12.1 Å². The van der Waals surface area contributed by atoms with E-state index < -0.39 is 10.9 Å². The predicted molar refractivity (Wildman–Crippen MR) is 77.4 cm³/mol. The molecule has 0 saturated carbocycles. The molecule has 1 atom stereocenters. The molecule has 0 heterocycles. The van der Waals surface area contributed by atoms with Crippen molar-refractivity contribution in [1.29, 1.82) is 0 Å². The minimum Gasteiger partial charge on any atom is -0.459 e. The van der Waals surface area contributed by atoms with Gasteiger partial charge in [-0.2, -0.15) is 0 Å². The smallest absolute Gasteiger partial charge is 0.340 e. The molecular formula is C13H15Cl2NO4. The molecule has 1 aromatic rings. The molecule has 0 spiro atoms. The molecule has 0 aliphatic carbocycles. The highest BCUT2D eigenvalue weighted by Gasteiger charge is 2.22. The molecule has 110 valence electrons. The zero-order valence-corrected chi connectivity index (χ0v) is 12.9. The van der Waals surface area contributed by atoms with E-state index in [1.165, 1.54) is 0 Å². The van der Waals surface area contributed by atoms with Crippen LogP contribution in [-0.4, -0.2) is 17.0 Å². The quantitative estimate of drug-likeness (QED) is 0.455. The largest absolute Gasteiger partial charge is 0.459 e. The second-order valence-corrected chi connectivity index (χ2v) is 5.68. The number of rotatable bonds is 5. The average molecular weight is 320 g/mol. The first-order valence-electron chi connectivity index (χ1n) is 6.06. The highest BCUT2D eigenvalue weighted by molar-refractivity contribution is 6.43. The topological polar surface area (TPSA) is 69.4 Å². The summed E-state index contributed by atoms with van der Waals surface area (Å²) in [6, 6.07) is 2.16. The summed E-state index contributed by atoms with van der Waals surface area (Å²) < 4.78 is 5.21. The number of non-ortho nitro benzene ring substituents is 1. The molecular weight excluding hydrogens is 305 g/mol. The molecule has 1 rings (SSSR count). The fraction of sp³-hybridized carbons (Fsp3) is 0.462. The first-order valence-corrected chi connectivity index (χ1v) is 6.82. The standard InChI is InChI=1S/C13H15Cl2NO4/c1-7(2)4-8(3)20-13(17)10-5-9(16(18)19)6-11(14)12(10)15/h5-8H,4H2,1-3H3. The minimum absolute atomic E-state index is 0.0426. The van der Waals surface area contributed by atoms with Crippen LogP contribution < -0.4 is 0 Å². The molecule has 0 radical (unpaired) electrons. The third-order valence-electron chi connectivity index (χ3n) is 2.56. The summed E-state index contributed by atoms with van der Waals surface area (Å²) in [5.41, 5.74) is -0.399. The predicted octanol–water partition coefficient (Wildman–Crippen LogP) is 4.49. The van der Waals surface area contributed by atoms with Crippen molar-refractivity contribution in [3.8, 4) is 0 Å². The molecule has 0 fully saturated rings. The van der Waals surface area contributed by atoms with E-state index in [0.29, 0.717) is 12.3 Å². The van der Waals surface area contributed by atoms with Crippen molar-refractivity contribution < 1.29 is 14.5 Å². The van der Waals surface area contributed by atoms with Crippen LogP contribution in [0.25, 0.3) is 0 Å². The second kappa shape index (κ2) is 6.90. The third-order valence-corrected chi connectivity index (χ3v) is 3.36. The Labute approximate surface area is 127 Å². The first-order chi connectivity index (χ1) is 9.22. The van der Waals surface area contributed by atoms with Crippen LogP contribution in [0, 0.1) is 16.0 Å². The molecule has 1 aromatic carbocycles. The van der Waals surface area contributed by atoms with Crippen LogP contribution in [0.1, 0.15) is 37.6 Å². The van der Waals surface area contributed by atoms with Crippen LogP contribution in [0.5, 0.6) is 0 Å². The van der Waals surface area contributed by atoms with Crippen LogP contribution in [0.4, 0.5) is 5.69 Å².